The summed E-state index contributed by atoms with van der Waals surface area (Å²) < 4.78 is 13.8. The molecule has 0 saturated heterocycles. The zero-order chi connectivity index (χ0) is 15.4. The first-order valence-electron chi connectivity index (χ1n) is 7.23. The maximum Gasteiger partial charge on any atom is 0.127 e. The topological polar surface area (TPSA) is 29.3 Å². The predicted octanol–water partition coefficient (Wildman–Crippen LogP) is 3.57. The minimum atomic E-state index is -0.166. The van der Waals surface area contributed by atoms with Gasteiger partial charge in [-0.2, -0.15) is 0 Å². The van der Waals surface area contributed by atoms with E-state index in [0.29, 0.717) is 18.7 Å². The Morgan fingerprint density at radius 2 is 1.86 bits per heavy atom. The molecule has 0 bridgehead atoms. The summed E-state index contributed by atoms with van der Waals surface area (Å²) in [6.45, 7) is 5.23. The molecule has 0 heterocycles. The Hall–Kier alpha value is -1.71. The van der Waals surface area contributed by atoms with Crippen LogP contribution in [0.4, 0.5) is 4.39 Å². The van der Waals surface area contributed by atoms with Crippen LogP contribution in [-0.4, -0.2) is 18.5 Å². The fourth-order valence-electron chi connectivity index (χ4n) is 2.75. The first kappa shape index (κ1) is 15.7. The van der Waals surface area contributed by atoms with Crippen molar-refractivity contribution in [3.05, 3.63) is 70.5 Å². The van der Waals surface area contributed by atoms with Gasteiger partial charge < -0.3 is 5.73 Å². The smallest absolute Gasteiger partial charge is 0.127 e. The van der Waals surface area contributed by atoms with E-state index < -0.39 is 0 Å². The summed E-state index contributed by atoms with van der Waals surface area (Å²) >= 11 is 0. The van der Waals surface area contributed by atoms with E-state index in [9.17, 15) is 4.39 Å². The van der Waals surface area contributed by atoms with Crippen LogP contribution in [0.5, 0.6) is 0 Å². The van der Waals surface area contributed by atoms with E-state index in [1.54, 1.807) is 6.07 Å². The molecule has 2 aromatic rings. The quantitative estimate of drug-likeness (QED) is 0.910. The van der Waals surface area contributed by atoms with Crippen molar-refractivity contribution in [2.24, 2.45) is 5.73 Å². The highest BCUT2D eigenvalue weighted by molar-refractivity contribution is 5.33. The lowest BCUT2D eigenvalue weighted by Crippen LogP contribution is -2.31. The lowest BCUT2D eigenvalue weighted by molar-refractivity contribution is 0.238. The minimum Gasteiger partial charge on any atom is -0.329 e. The molecule has 2 nitrogen and oxygen atoms in total. The van der Waals surface area contributed by atoms with Crippen molar-refractivity contribution >= 4 is 0 Å². The van der Waals surface area contributed by atoms with Crippen molar-refractivity contribution in [3.8, 4) is 0 Å². The van der Waals surface area contributed by atoms with Gasteiger partial charge in [0.2, 0.25) is 0 Å². The fraction of sp³-hybridized carbons (Fsp3) is 0.333. The van der Waals surface area contributed by atoms with Gasteiger partial charge in [-0.05, 0) is 38.1 Å². The molecule has 0 saturated carbocycles. The van der Waals surface area contributed by atoms with Crippen LogP contribution in [0.2, 0.25) is 0 Å². The van der Waals surface area contributed by atoms with Crippen LogP contribution in [0.25, 0.3) is 0 Å². The molecule has 0 aliphatic heterocycles. The van der Waals surface area contributed by atoms with Gasteiger partial charge in [0.15, 0.2) is 0 Å². The molecule has 21 heavy (non-hydrogen) atoms. The Morgan fingerprint density at radius 3 is 2.48 bits per heavy atom. The third-order valence-corrected chi connectivity index (χ3v) is 3.92. The Balaban J connectivity index is 2.22. The van der Waals surface area contributed by atoms with Crippen LogP contribution >= 0.6 is 0 Å². The number of hydrogen-bond acceptors (Lipinski definition) is 2. The molecule has 1 atom stereocenters. The van der Waals surface area contributed by atoms with E-state index >= 15 is 0 Å². The second kappa shape index (κ2) is 6.83. The van der Waals surface area contributed by atoms with Gasteiger partial charge in [0, 0.05) is 24.7 Å². The van der Waals surface area contributed by atoms with Crippen LogP contribution in [0, 0.1) is 19.7 Å². The van der Waals surface area contributed by atoms with Crippen molar-refractivity contribution in [1.29, 1.82) is 0 Å². The van der Waals surface area contributed by atoms with Gasteiger partial charge in [-0.3, -0.25) is 4.90 Å². The first-order chi connectivity index (χ1) is 10.0. The molecule has 0 aliphatic carbocycles. The molecular formula is C18H23FN2. The maximum atomic E-state index is 13.8. The summed E-state index contributed by atoms with van der Waals surface area (Å²) in [5.74, 6) is -0.166. The monoisotopic (exact) mass is 286 g/mol. The van der Waals surface area contributed by atoms with E-state index in [1.165, 1.54) is 22.8 Å². The number of nitrogens with two attached hydrogens (primary N) is 1. The van der Waals surface area contributed by atoms with Crippen molar-refractivity contribution in [2.75, 3.05) is 13.6 Å². The second-order valence-electron chi connectivity index (χ2n) is 5.62. The Morgan fingerprint density at radius 1 is 1.14 bits per heavy atom. The normalized spacial score (nSPS) is 12.7. The van der Waals surface area contributed by atoms with Crippen LogP contribution < -0.4 is 5.73 Å². The molecule has 0 aromatic heterocycles. The van der Waals surface area contributed by atoms with E-state index in [1.807, 2.05) is 19.2 Å². The lowest BCUT2D eigenvalue weighted by atomic mass is 9.98. The molecule has 3 heteroatoms. The van der Waals surface area contributed by atoms with Crippen molar-refractivity contribution < 1.29 is 4.39 Å². The number of hydrogen-bond donors (Lipinski definition) is 1. The minimum absolute atomic E-state index is 0.0882. The van der Waals surface area contributed by atoms with E-state index in [-0.39, 0.29) is 11.9 Å². The van der Waals surface area contributed by atoms with Gasteiger partial charge in [0.1, 0.15) is 5.82 Å². The third-order valence-electron chi connectivity index (χ3n) is 3.92. The molecule has 0 fully saturated rings. The van der Waals surface area contributed by atoms with Crippen LogP contribution in [0.3, 0.4) is 0 Å². The van der Waals surface area contributed by atoms with Gasteiger partial charge in [0.05, 0.1) is 0 Å². The number of likely N-dealkylation sites (N-methyl/N-ethyl adjacent to an activating group) is 1. The molecule has 2 N–H and O–H groups in total. The number of aryl methyl sites for hydroxylation is 2. The number of nitrogens with zero attached hydrogens (tertiary/aromatic N) is 1. The van der Waals surface area contributed by atoms with Crippen LogP contribution in [-0.2, 0) is 6.54 Å². The molecule has 0 spiro atoms. The maximum absolute atomic E-state index is 13.8. The van der Waals surface area contributed by atoms with Crippen molar-refractivity contribution in [2.45, 2.75) is 26.4 Å². The van der Waals surface area contributed by atoms with Gasteiger partial charge >= 0.3 is 0 Å². The highest BCUT2D eigenvalue weighted by Crippen LogP contribution is 2.24. The Bertz CT molecular complexity index is 610. The third kappa shape index (κ3) is 3.69. The van der Waals surface area contributed by atoms with Crippen LogP contribution in [0.1, 0.15) is 28.3 Å². The summed E-state index contributed by atoms with van der Waals surface area (Å²) in [5.41, 5.74) is 10.3. The molecule has 0 amide bonds. The summed E-state index contributed by atoms with van der Waals surface area (Å²) in [5, 5.41) is 0. The van der Waals surface area contributed by atoms with Gasteiger partial charge in [-0.15, -0.1) is 0 Å². The molecule has 2 aromatic carbocycles. The molecule has 112 valence electrons. The van der Waals surface area contributed by atoms with E-state index in [2.05, 4.69) is 36.9 Å². The standard InChI is InChI=1S/C18H23FN2/c1-13-8-9-16(14(2)10-13)18(11-20)21(3)12-15-6-4-5-7-17(15)19/h4-10,18H,11-12,20H2,1-3H3. The number of halogens is 1. The second-order valence-corrected chi connectivity index (χ2v) is 5.62. The summed E-state index contributed by atoms with van der Waals surface area (Å²) in [6.07, 6.45) is 0. The molecule has 2 rings (SSSR count). The molecule has 0 aliphatic rings. The number of rotatable bonds is 5. The van der Waals surface area contributed by atoms with Gasteiger partial charge in [-0.25, -0.2) is 4.39 Å². The Kier molecular flexibility index (Phi) is 5.10. The lowest BCUT2D eigenvalue weighted by Gasteiger charge is -2.29. The van der Waals surface area contributed by atoms with Crippen LogP contribution in [0.15, 0.2) is 42.5 Å². The Labute approximate surface area is 126 Å². The highest BCUT2D eigenvalue weighted by Gasteiger charge is 2.18. The zero-order valence-electron chi connectivity index (χ0n) is 12.9. The van der Waals surface area contributed by atoms with Gasteiger partial charge in [0.25, 0.3) is 0 Å². The highest BCUT2D eigenvalue weighted by atomic mass is 19.1. The van der Waals surface area contributed by atoms with E-state index in [4.69, 9.17) is 5.73 Å². The largest absolute Gasteiger partial charge is 0.329 e. The molecule has 1 unspecified atom stereocenters. The average molecular weight is 286 g/mol. The molecule has 0 radical (unpaired) electrons. The average Bonchev–Trinajstić information content (AvgIpc) is 2.44. The van der Waals surface area contributed by atoms with Crippen molar-refractivity contribution in [3.63, 3.8) is 0 Å². The van der Waals surface area contributed by atoms with Gasteiger partial charge in [-0.1, -0.05) is 42.0 Å². The van der Waals surface area contributed by atoms with Crippen molar-refractivity contribution in [1.82, 2.24) is 4.90 Å². The SMILES string of the molecule is Cc1ccc(C(CN)N(C)Cc2ccccc2F)c(C)c1. The number of benzene rings is 2. The summed E-state index contributed by atoms with van der Waals surface area (Å²) in [4.78, 5) is 2.11. The summed E-state index contributed by atoms with van der Waals surface area (Å²) in [7, 11) is 1.99. The predicted molar refractivity (Wildman–Crippen MR) is 85.6 cm³/mol. The fourth-order valence-corrected chi connectivity index (χ4v) is 2.75. The first-order valence-corrected chi connectivity index (χ1v) is 7.23. The van der Waals surface area contributed by atoms with E-state index in [0.717, 1.165) is 0 Å². The molecular weight excluding hydrogens is 263 g/mol. The zero-order valence-corrected chi connectivity index (χ0v) is 12.9. The summed E-state index contributed by atoms with van der Waals surface area (Å²) in [6, 6.07) is 13.4.